The van der Waals surface area contributed by atoms with Gasteiger partial charge in [0.2, 0.25) is 0 Å². The van der Waals surface area contributed by atoms with Crippen LogP contribution in [0.2, 0.25) is 0 Å². The number of thioether (sulfide) groups is 1. The van der Waals surface area contributed by atoms with E-state index in [1.165, 1.54) is 23.5 Å². The molecule has 0 radical (unpaired) electrons. The number of aromatic nitrogens is 1. The van der Waals surface area contributed by atoms with Crippen molar-refractivity contribution in [1.29, 1.82) is 0 Å². The molecule has 18 heavy (non-hydrogen) atoms. The van der Waals surface area contributed by atoms with Crippen LogP contribution in [0, 0.1) is 0 Å². The molecule has 0 amide bonds. The van der Waals surface area contributed by atoms with Crippen LogP contribution in [0.1, 0.15) is 31.9 Å². The number of hydrogen-bond donors (Lipinski definition) is 1. The summed E-state index contributed by atoms with van der Waals surface area (Å²) in [4.78, 5) is 6.85. The van der Waals surface area contributed by atoms with E-state index in [0.717, 1.165) is 12.4 Å². The minimum atomic E-state index is 0.392. The van der Waals surface area contributed by atoms with E-state index in [2.05, 4.69) is 48.2 Å². The minimum absolute atomic E-state index is 0.392. The van der Waals surface area contributed by atoms with Crippen LogP contribution < -0.4 is 10.2 Å². The van der Waals surface area contributed by atoms with Gasteiger partial charge in [-0.05, 0) is 43.3 Å². The molecule has 1 saturated heterocycles. The third-order valence-electron chi connectivity index (χ3n) is 3.59. The molecule has 3 nitrogen and oxygen atoms in total. The minimum Gasteiger partial charge on any atom is -0.356 e. The van der Waals surface area contributed by atoms with Crippen LogP contribution in [0.4, 0.5) is 5.82 Å². The van der Waals surface area contributed by atoms with E-state index in [1.54, 1.807) is 0 Å². The first-order chi connectivity index (χ1) is 8.72. The van der Waals surface area contributed by atoms with E-state index in [-0.39, 0.29) is 0 Å². The normalized spacial score (nSPS) is 20.9. The maximum atomic E-state index is 4.52. The average molecular weight is 265 g/mol. The molecular formula is C14H23N3S. The summed E-state index contributed by atoms with van der Waals surface area (Å²) in [7, 11) is 2.17. The Morgan fingerprint density at radius 3 is 3.11 bits per heavy atom. The molecule has 4 heteroatoms. The number of nitrogens with one attached hydrogen (secondary N) is 1. The topological polar surface area (TPSA) is 28.2 Å². The fourth-order valence-electron chi connectivity index (χ4n) is 2.34. The molecule has 2 heterocycles. The van der Waals surface area contributed by atoms with E-state index < -0.39 is 0 Å². The SMILES string of the molecule is CCNC(C)c1ccnc(N(C)C2CCSC2)c1. The highest BCUT2D eigenvalue weighted by molar-refractivity contribution is 7.99. The van der Waals surface area contributed by atoms with Gasteiger partial charge < -0.3 is 10.2 Å². The summed E-state index contributed by atoms with van der Waals surface area (Å²) in [6, 6.07) is 5.36. The molecule has 0 spiro atoms. The number of hydrogen-bond acceptors (Lipinski definition) is 4. The molecule has 2 unspecified atom stereocenters. The molecule has 0 saturated carbocycles. The quantitative estimate of drug-likeness (QED) is 0.886. The zero-order chi connectivity index (χ0) is 13.0. The smallest absolute Gasteiger partial charge is 0.128 e. The Morgan fingerprint density at radius 1 is 1.61 bits per heavy atom. The molecule has 0 aromatic carbocycles. The van der Waals surface area contributed by atoms with E-state index in [9.17, 15) is 0 Å². The van der Waals surface area contributed by atoms with Crippen LogP contribution in [-0.4, -0.2) is 36.1 Å². The molecular weight excluding hydrogens is 242 g/mol. The van der Waals surface area contributed by atoms with Crippen molar-refractivity contribution in [2.75, 3.05) is 30.0 Å². The lowest BCUT2D eigenvalue weighted by molar-refractivity contribution is 0.596. The maximum Gasteiger partial charge on any atom is 0.128 e. The van der Waals surface area contributed by atoms with E-state index in [0.29, 0.717) is 12.1 Å². The zero-order valence-electron chi connectivity index (χ0n) is 11.5. The molecule has 2 atom stereocenters. The van der Waals surface area contributed by atoms with Gasteiger partial charge in [0.1, 0.15) is 5.82 Å². The summed E-state index contributed by atoms with van der Waals surface area (Å²) in [6.07, 6.45) is 3.20. The lowest BCUT2D eigenvalue weighted by Gasteiger charge is -2.25. The summed E-state index contributed by atoms with van der Waals surface area (Å²) in [6.45, 7) is 5.34. The van der Waals surface area contributed by atoms with E-state index in [4.69, 9.17) is 0 Å². The molecule has 0 aliphatic carbocycles. The van der Waals surface area contributed by atoms with Crippen molar-refractivity contribution in [2.24, 2.45) is 0 Å². The lowest BCUT2D eigenvalue weighted by Crippen LogP contribution is -2.32. The van der Waals surface area contributed by atoms with Crippen molar-refractivity contribution in [3.8, 4) is 0 Å². The predicted molar refractivity (Wildman–Crippen MR) is 80.5 cm³/mol. The standard InChI is InChI=1S/C14H23N3S/c1-4-15-11(2)12-5-7-16-14(9-12)17(3)13-6-8-18-10-13/h5,7,9,11,13,15H,4,6,8,10H2,1-3H3. The first-order valence-corrected chi connectivity index (χ1v) is 7.87. The van der Waals surface area contributed by atoms with Gasteiger partial charge in [0, 0.05) is 31.1 Å². The number of pyridine rings is 1. The Balaban J connectivity index is 2.10. The molecule has 1 N–H and O–H groups in total. The summed E-state index contributed by atoms with van der Waals surface area (Å²) in [5.41, 5.74) is 1.32. The Hall–Kier alpha value is -0.740. The second kappa shape index (κ2) is 6.43. The van der Waals surface area contributed by atoms with Gasteiger partial charge in [-0.25, -0.2) is 4.98 Å². The number of rotatable bonds is 5. The lowest BCUT2D eigenvalue weighted by atomic mass is 10.1. The van der Waals surface area contributed by atoms with Crippen molar-refractivity contribution < 1.29 is 0 Å². The average Bonchev–Trinajstić information content (AvgIpc) is 2.92. The van der Waals surface area contributed by atoms with Gasteiger partial charge in [-0.15, -0.1) is 0 Å². The first kappa shape index (κ1) is 13.7. The fourth-order valence-corrected chi connectivity index (χ4v) is 3.60. The number of anilines is 1. The zero-order valence-corrected chi connectivity index (χ0v) is 12.3. The van der Waals surface area contributed by atoms with Gasteiger partial charge in [0.05, 0.1) is 0 Å². The second-order valence-electron chi connectivity index (χ2n) is 4.86. The second-order valence-corrected chi connectivity index (χ2v) is 6.00. The van der Waals surface area contributed by atoms with Gasteiger partial charge in [-0.3, -0.25) is 0 Å². The van der Waals surface area contributed by atoms with Crippen LogP contribution in [0.25, 0.3) is 0 Å². The van der Waals surface area contributed by atoms with Crippen LogP contribution in [0.5, 0.6) is 0 Å². The largest absolute Gasteiger partial charge is 0.356 e. The van der Waals surface area contributed by atoms with Crippen LogP contribution in [-0.2, 0) is 0 Å². The van der Waals surface area contributed by atoms with Gasteiger partial charge >= 0.3 is 0 Å². The third-order valence-corrected chi connectivity index (χ3v) is 4.74. The van der Waals surface area contributed by atoms with Crippen LogP contribution >= 0.6 is 11.8 Å². The van der Waals surface area contributed by atoms with Gasteiger partial charge in [-0.1, -0.05) is 6.92 Å². The summed E-state index contributed by atoms with van der Waals surface area (Å²) < 4.78 is 0. The highest BCUT2D eigenvalue weighted by Crippen LogP contribution is 2.26. The van der Waals surface area contributed by atoms with Gasteiger partial charge in [0.25, 0.3) is 0 Å². The predicted octanol–water partition coefficient (Wildman–Crippen LogP) is 2.69. The Morgan fingerprint density at radius 2 is 2.44 bits per heavy atom. The highest BCUT2D eigenvalue weighted by Gasteiger charge is 2.21. The van der Waals surface area contributed by atoms with Crippen LogP contribution in [0.15, 0.2) is 18.3 Å². The van der Waals surface area contributed by atoms with Crippen molar-refractivity contribution in [2.45, 2.75) is 32.4 Å². The summed E-state index contributed by atoms with van der Waals surface area (Å²) >= 11 is 2.04. The molecule has 1 aliphatic heterocycles. The van der Waals surface area contributed by atoms with Gasteiger partial charge in [-0.2, -0.15) is 11.8 Å². The monoisotopic (exact) mass is 265 g/mol. The Bertz CT molecular complexity index is 377. The van der Waals surface area contributed by atoms with Crippen LogP contribution in [0.3, 0.4) is 0 Å². The Labute approximate surface area is 114 Å². The molecule has 1 aromatic rings. The van der Waals surface area contributed by atoms with Gasteiger partial charge in [0.15, 0.2) is 0 Å². The maximum absolute atomic E-state index is 4.52. The molecule has 1 aliphatic rings. The van der Waals surface area contributed by atoms with Crippen molar-refractivity contribution in [3.63, 3.8) is 0 Å². The highest BCUT2D eigenvalue weighted by atomic mass is 32.2. The molecule has 0 bridgehead atoms. The third kappa shape index (κ3) is 3.18. The van der Waals surface area contributed by atoms with E-state index >= 15 is 0 Å². The first-order valence-electron chi connectivity index (χ1n) is 6.72. The molecule has 100 valence electrons. The molecule has 1 aromatic heterocycles. The summed E-state index contributed by atoms with van der Waals surface area (Å²) in [5, 5.41) is 3.45. The fraction of sp³-hybridized carbons (Fsp3) is 0.643. The Kier molecular flexibility index (Phi) is 4.89. The summed E-state index contributed by atoms with van der Waals surface area (Å²) in [5.74, 6) is 3.61. The van der Waals surface area contributed by atoms with E-state index in [1.807, 2.05) is 18.0 Å². The van der Waals surface area contributed by atoms with Crippen molar-refractivity contribution in [3.05, 3.63) is 23.9 Å². The number of nitrogens with zero attached hydrogens (tertiary/aromatic N) is 2. The van der Waals surface area contributed by atoms with Crippen molar-refractivity contribution >= 4 is 17.6 Å². The molecule has 1 fully saturated rings. The van der Waals surface area contributed by atoms with Crippen molar-refractivity contribution in [1.82, 2.24) is 10.3 Å². The molecule has 2 rings (SSSR count).